The third kappa shape index (κ3) is 4.41. The maximum atomic E-state index is 13.7. The van der Waals surface area contributed by atoms with E-state index in [2.05, 4.69) is 15.5 Å². The van der Waals surface area contributed by atoms with Crippen molar-refractivity contribution in [2.24, 2.45) is 5.16 Å². The molecular formula is C25H29F2N5O3. The Bertz CT molecular complexity index is 1140. The predicted molar refractivity (Wildman–Crippen MR) is 128 cm³/mol. The van der Waals surface area contributed by atoms with Gasteiger partial charge in [0.25, 0.3) is 5.92 Å². The van der Waals surface area contributed by atoms with Crippen LogP contribution >= 0.6 is 0 Å². The van der Waals surface area contributed by atoms with Gasteiger partial charge in [0.05, 0.1) is 22.7 Å². The maximum absolute atomic E-state index is 13.7. The van der Waals surface area contributed by atoms with Gasteiger partial charge in [0.15, 0.2) is 0 Å². The van der Waals surface area contributed by atoms with Crippen LogP contribution in [0.5, 0.6) is 0 Å². The number of aliphatic carboxylic acids is 1. The number of carboxylic acids is 1. The average Bonchev–Trinajstić information content (AvgIpc) is 3.11. The standard InChI is InChI=1S/C25H29F2N5O3/c1-15-21(16(2)35-31-15)19-14-20(32-12-10-25(26,27)11-13-32)30-23(29-19)28-18-6-4-17(5-7-18)24(22(33)34)8-3-9-24/h4-7,14,16,21H,3,8-13H2,1-2H3,(H,33,34)(H,28,29,30). The van der Waals surface area contributed by atoms with E-state index in [1.165, 1.54) is 0 Å². The molecule has 1 aromatic heterocycles. The van der Waals surface area contributed by atoms with Crippen molar-refractivity contribution in [1.82, 2.24) is 9.97 Å². The van der Waals surface area contributed by atoms with Crippen LogP contribution in [0.4, 0.5) is 26.2 Å². The number of alkyl halides is 2. The fourth-order valence-electron chi connectivity index (χ4n) is 5.13. The lowest BCUT2D eigenvalue weighted by Crippen LogP contribution is -2.42. The fraction of sp³-hybridized carbons (Fsp3) is 0.520. The Hall–Kier alpha value is -3.30. The highest BCUT2D eigenvalue weighted by atomic mass is 19.3. The molecule has 5 rings (SSSR count). The van der Waals surface area contributed by atoms with Gasteiger partial charge in [0.1, 0.15) is 11.9 Å². The number of hydrogen-bond acceptors (Lipinski definition) is 7. The first-order chi connectivity index (χ1) is 16.7. The van der Waals surface area contributed by atoms with E-state index >= 15 is 0 Å². The largest absolute Gasteiger partial charge is 0.481 e. The molecule has 2 atom stereocenters. The minimum Gasteiger partial charge on any atom is -0.481 e. The van der Waals surface area contributed by atoms with Crippen LogP contribution in [0.3, 0.4) is 0 Å². The van der Waals surface area contributed by atoms with E-state index in [9.17, 15) is 18.7 Å². The van der Waals surface area contributed by atoms with Gasteiger partial charge in [0.2, 0.25) is 5.95 Å². The van der Waals surface area contributed by atoms with E-state index in [-0.39, 0.29) is 38.0 Å². The molecule has 3 heterocycles. The molecule has 2 aliphatic heterocycles. The molecule has 0 bridgehead atoms. The van der Waals surface area contributed by atoms with Crippen LogP contribution < -0.4 is 10.2 Å². The smallest absolute Gasteiger partial charge is 0.314 e. The zero-order valence-corrected chi connectivity index (χ0v) is 19.8. The van der Waals surface area contributed by atoms with Gasteiger partial charge in [-0.1, -0.05) is 23.7 Å². The lowest BCUT2D eigenvalue weighted by molar-refractivity contribution is -0.147. The summed E-state index contributed by atoms with van der Waals surface area (Å²) in [4.78, 5) is 28.4. The number of nitrogens with one attached hydrogen (secondary N) is 1. The molecule has 1 aliphatic carbocycles. The summed E-state index contributed by atoms with van der Waals surface area (Å²) in [6.45, 7) is 4.21. The van der Waals surface area contributed by atoms with Gasteiger partial charge in [-0.15, -0.1) is 0 Å². The summed E-state index contributed by atoms with van der Waals surface area (Å²) in [5, 5.41) is 17.0. The SMILES string of the molecule is CC1=NOC(C)C1c1cc(N2CCC(F)(F)CC2)nc(Nc2ccc(C3(C(=O)O)CCC3)cc2)n1. The molecule has 1 saturated heterocycles. The Morgan fingerprint density at radius 2 is 1.83 bits per heavy atom. The highest BCUT2D eigenvalue weighted by Gasteiger charge is 2.45. The minimum atomic E-state index is -2.65. The summed E-state index contributed by atoms with van der Waals surface area (Å²) < 4.78 is 27.5. The summed E-state index contributed by atoms with van der Waals surface area (Å²) in [7, 11) is 0. The number of hydrogen-bond donors (Lipinski definition) is 2. The van der Waals surface area contributed by atoms with Crippen LogP contribution in [0.15, 0.2) is 35.5 Å². The quantitative estimate of drug-likeness (QED) is 0.604. The number of oxime groups is 1. The normalized spacial score (nSPS) is 24.8. The van der Waals surface area contributed by atoms with E-state index < -0.39 is 17.3 Å². The molecule has 10 heteroatoms. The molecule has 2 N–H and O–H groups in total. The van der Waals surface area contributed by atoms with Crippen molar-refractivity contribution in [3.8, 4) is 0 Å². The molecule has 0 spiro atoms. The number of nitrogens with zero attached hydrogens (tertiary/aromatic N) is 4. The Morgan fingerprint density at radius 3 is 2.37 bits per heavy atom. The number of carboxylic acid groups (broad SMARTS) is 1. The number of halogens is 2. The summed E-state index contributed by atoms with van der Waals surface area (Å²) in [5.41, 5.74) is 2.20. The van der Waals surface area contributed by atoms with Crippen molar-refractivity contribution in [3.63, 3.8) is 0 Å². The Labute approximate surface area is 202 Å². The van der Waals surface area contributed by atoms with Crippen LogP contribution in [0.1, 0.15) is 63.1 Å². The second-order valence-corrected chi connectivity index (χ2v) is 9.78. The van der Waals surface area contributed by atoms with Crippen LogP contribution in [-0.4, -0.2) is 51.9 Å². The molecule has 186 valence electrons. The number of piperidine rings is 1. The van der Waals surface area contributed by atoms with Gasteiger partial charge in [-0.2, -0.15) is 4.98 Å². The first-order valence-electron chi connectivity index (χ1n) is 12.0. The first-order valence-corrected chi connectivity index (χ1v) is 12.0. The van der Waals surface area contributed by atoms with Crippen molar-refractivity contribution in [1.29, 1.82) is 0 Å². The lowest BCUT2D eigenvalue weighted by Gasteiger charge is -2.38. The zero-order chi connectivity index (χ0) is 24.8. The molecule has 2 aromatic rings. The van der Waals surface area contributed by atoms with Crippen molar-refractivity contribution < 1.29 is 23.5 Å². The Balaban J connectivity index is 1.43. The molecule has 3 aliphatic rings. The summed E-state index contributed by atoms with van der Waals surface area (Å²) >= 11 is 0. The van der Waals surface area contributed by atoms with E-state index in [0.29, 0.717) is 36.0 Å². The third-order valence-electron chi connectivity index (χ3n) is 7.46. The molecule has 0 amide bonds. The molecule has 35 heavy (non-hydrogen) atoms. The minimum absolute atomic E-state index is 0.167. The van der Waals surface area contributed by atoms with Gasteiger partial charge in [0, 0.05) is 37.7 Å². The summed E-state index contributed by atoms with van der Waals surface area (Å²) in [6.07, 6.45) is 1.55. The van der Waals surface area contributed by atoms with Gasteiger partial charge in [-0.05, 0) is 44.4 Å². The molecular weight excluding hydrogens is 456 g/mol. The van der Waals surface area contributed by atoms with Gasteiger partial charge < -0.3 is 20.2 Å². The predicted octanol–water partition coefficient (Wildman–Crippen LogP) is 4.84. The van der Waals surface area contributed by atoms with Crippen LogP contribution in [0, 0.1) is 0 Å². The van der Waals surface area contributed by atoms with Crippen LogP contribution in [0.25, 0.3) is 0 Å². The van der Waals surface area contributed by atoms with E-state index in [4.69, 9.17) is 9.82 Å². The molecule has 1 aromatic carbocycles. The molecule has 8 nitrogen and oxygen atoms in total. The second-order valence-electron chi connectivity index (χ2n) is 9.78. The average molecular weight is 486 g/mol. The summed E-state index contributed by atoms with van der Waals surface area (Å²) in [6, 6.07) is 9.14. The molecule has 2 fully saturated rings. The van der Waals surface area contributed by atoms with Crippen molar-refractivity contribution in [2.45, 2.75) is 69.3 Å². The van der Waals surface area contributed by atoms with Crippen LogP contribution in [0.2, 0.25) is 0 Å². The highest BCUT2D eigenvalue weighted by molar-refractivity contribution is 5.90. The number of anilines is 3. The van der Waals surface area contributed by atoms with Crippen LogP contribution in [-0.2, 0) is 15.0 Å². The zero-order valence-electron chi connectivity index (χ0n) is 19.8. The second kappa shape index (κ2) is 8.73. The Morgan fingerprint density at radius 1 is 1.14 bits per heavy atom. The topological polar surface area (TPSA) is 99.9 Å². The van der Waals surface area contributed by atoms with E-state index in [0.717, 1.165) is 17.7 Å². The third-order valence-corrected chi connectivity index (χ3v) is 7.46. The molecule has 2 unspecified atom stereocenters. The van der Waals surface area contributed by atoms with Gasteiger partial charge >= 0.3 is 5.97 Å². The summed E-state index contributed by atoms with van der Waals surface area (Å²) in [5.74, 6) is -2.69. The monoisotopic (exact) mass is 485 g/mol. The Kier molecular flexibility index (Phi) is 5.85. The number of benzene rings is 1. The first kappa shape index (κ1) is 23.4. The number of rotatable bonds is 6. The van der Waals surface area contributed by atoms with Gasteiger partial charge in [-0.25, -0.2) is 13.8 Å². The number of carbonyl (C=O) groups is 1. The van der Waals surface area contributed by atoms with E-state index in [1.807, 2.05) is 49.1 Å². The number of aromatic nitrogens is 2. The van der Waals surface area contributed by atoms with Crippen molar-refractivity contribution in [3.05, 3.63) is 41.6 Å². The van der Waals surface area contributed by atoms with Crippen molar-refractivity contribution in [2.75, 3.05) is 23.3 Å². The highest BCUT2D eigenvalue weighted by Crippen LogP contribution is 2.44. The molecule has 0 radical (unpaired) electrons. The maximum Gasteiger partial charge on any atom is 0.314 e. The fourth-order valence-corrected chi connectivity index (χ4v) is 5.13. The van der Waals surface area contributed by atoms with Gasteiger partial charge in [-0.3, -0.25) is 4.79 Å². The van der Waals surface area contributed by atoms with Crippen molar-refractivity contribution >= 4 is 29.1 Å². The molecule has 1 saturated carbocycles. The lowest BCUT2D eigenvalue weighted by atomic mass is 9.64. The van der Waals surface area contributed by atoms with E-state index in [1.54, 1.807) is 0 Å².